The first-order chi connectivity index (χ1) is 7.44. The van der Waals surface area contributed by atoms with Crippen molar-refractivity contribution in [1.82, 2.24) is 10.3 Å². The monoisotopic (exact) mass is 262 g/mol. The van der Waals surface area contributed by atoms with Crippen LogP contribution in [0.2, 0.25) is 0 Å². The molecule has 1 N–H and O–H groups in total. The van der Waals surface area contributed by atoms with Crippen LogP contribution in [0.1, 0.15) is 32.5 Å². The van der Waals surface area contributed by atoms with E-state index in [0.29, 0.717) is 0 Å². The molecule has 0 aliphatic heterocycles. The lowest BCUT2D eigenvalue weighted by Gasteiger charge is -2.18. The van der Waals surface area contributed by atoms with Crippen LogP contribution in [0.25, 0.3) is 0 Å². The maximum atomic E-state index is 11.4. The van der Waals surface area contributed by atoms with Crippen molar-refractivity contribution in [3.05, 3.63) is 16.6 Å². The summed E-state index contributed by atoms with van der Waals surface area (Å²) in [5.74, 6) is 0.377. The van der Waals surface area contributed by atoms with Crippen molar-refractivity contribution in [2.45, 2.75) is 32.9 Å². The van der Waals surface area contributed by atoms with Gasteiger partial charge >= 0.3 is 0 Å². The van der Waals surface area contributed by atoms with Gasteiger partial charge in [0.15, 0.2) is 9.84 Å². The van der Waals surface area contributed by atoms with E-state index in [-0.39, 0.29) is 23.6 Å². The predicted molar refractivity (Wildman–Crippen MR) is 67.5 cm³/mol. The van der Waals surface area contributed by atoms with E-state index >= 15 is 0 Å². The molecule has 0 amide bonds. The third-order valence-corrected chi connectivity index (χ3v) is 4.87. The smallest absolute Gasteiger partial charge is 0.151 e. The Kier molecular flexibility index (Phi) is 4.89. The molecular weight excluding hydrogens is 244 g/mol. The summed E-state index contributed by atoms with van der Waals surface area (Å²) in [5, 5.41) is 5.21. The van der Waals surface area contributed by atoms with E-state index < -0.39 is 9.84 Å². The standard InChI is InChI=1S/C10H18N2O2S2/c1-4-16(13,14)6-8(2)12-9(3)10-5-15-7-11-10/h5,7-9,12H,4,6H2,1-3H3. The van der Waals surface area contributed by atoms with Gasteiger partial charge in [-0.2, -0.15) is 0 Å². The Balaban J connectivity index is 2.49. The van der Waals surface area contributed by atoms with Gasteiger partial charge in [-0.3, -0.25) is 0 Å². The van der Waals surface area contributed by atoms with E-state index in [1.165, 1.54) is 0 Å². The van der Waals surface area contributed by atoms with E-state index in [0.717, 1.165) is 5.69 Å². The van der Waals surface area contributed by atoms with Crippen molar-refractivity contribution in [2.75, 3.05) is 11.5 Å². The van der Waals surface area contributed by atoms with E-state index in [2.05, 4.69) is 10.3 Å². The highest BCUT2D eigenvalue weighted by atomic mass is 32.2. The van der Waals surface area contributed by atoms with Crippen LogP contribution in [0.15, 0.2) is 10.9 Å². The number of hydrogen-bond acceptors (Lipinski definition) is 5. The van der Waals surface area contributed by atoms with Crippen LogP contribution in [0, 0.1) is 0 Å². The SMILES string of the molecule is CCS(=O)(=O)CC(C)NC(C)c1cscn1. The summed E-state index contributed by atoms with van der Waals surface area (Å²) < 4.78 is 22.8. The second kappa shape index (κ2) is 5.75. The molecule has 1 aromatic heterocycles. The van der Waals surface area contributed by atoms with Crippen molar-refractivity contribution >= 4 is 21.2 Å². The molecule has 2 unspecified atom stereocenters. The Labute approximate surface area is 101 Å². The lowest BCUT2D eigenvalue weighted by atomic mass is 10.2. The van der Waals surface area contributed by atoms with Gasteiger partial charge in [0.25, 0.3) is 0 Å². The average molecular weight is 262 g/mol. The highest BCUT2D eigenvalue weighted by Crippen LogP contribution is 2.12. The van der Waals surface area contributed by atoms with Crippen LogP contribution in [0.3, 0.4) is 0 Å². The lowest BCUT2D eigenvalue weighted by molar-refractivity contribution is 0.493. The van der Waals surface area contributed by atoms with Gasteiger partial charge < -0.3 is 5.32 Å². The highest BCUT2D eigenvalue weighted by Gasteiger charge is 2.16. The molecule has 0 aliphatic carbocycles. The number of aromatic nitrogens is 1. The number of nitrogens with one attached hydrogen (secondary N) is 1. The summed E-state index contributed by atoms with van der Waals surface area (Å²) >= 11 is 1.54. The van der Waals surface area contributed by atoms with Crippen molar-refractivity contribution in [3.63, 3.8) is 0 Å². The van der Waals surface area contributed by atoms with Crippen LogP contribution >= 0.6 is 11.3 Å². The molecule has 0 fully saturated rings. The Morgan fingerprint density at radius 2 is 2.19 bits per heavy atom. The summed E-state index contributed by atoms with van der Waals surface area (Å²) in [6.45, 7) is 5.55. The van der Waals surface area contributed by atoms with Crippen LogP contribution in [0.5, 0.6) is 0 Å². The van der Waals surface area contributed by atoms with Crippen LogP contribution in [-0.4, -0.2) is 30.9 Å². The summed E-state index contributed by atoms with van der Waals surface area (Å²) in [6.07, 6.45) is 0. The molecule has 0 aromatic carbocycles. The molecule has 0 radical (unpaired) electrons. The Morgan fingerprint density at radius 1 is 1.50 bits per heavy atom. The average Bonchev–Trinajstić information content (AvgIpc) is 2.69. The minimum atomic E-state index is -2.91. The van der Waals surface area contributed by atoms with E-state index in [4.69, 9.17) is 0 Å². The molecule has 2 atom stereocenters. The lowest BCUT2D eigenvalue weighted by Crippen LogP contribution is -2.35. The maximum absolute atomic E-state index is 11.4. The summed E-state index contributed by atoms with van der Waals surface area (Å²) in [7, 11) is -2.91. The second-order valence-corrected chi connectivity index (χ2v) is 7.02. The number of hydrogen-bond donors (Lipinski definition) is 1. The van der Waals surface area contributed by atoms with Gasteiger partial charge in [-0.1, -0.05) is 6.92 Å². The second-order valence-electron chi connectivity index (χ2n) is 3.90. The molecule has 0 aliphatic rings. The van der Waals surface area contributed by atoms with Crippen molar-refractivity contribution in [2.24, 2.45) is 0 Å². The first-order valence-corrected chi connectivity index (χ1v) is 8.05. The fraction of sp³-hybridized carbons (Fsp3) is 0.700. The summed E-state index contributed by atoms with van der Waals surface area (Å²) in [5.41, 5.74) is 2.74. The molecule has 1 rings (SSSR count). The van der Waals surface area contributed by atoms with E-state index in [1.54, 1.807) is 23.8 Å². The third-order valence-electron chi connectivity index (χ3n) is 2.37. The van der Waals surface area contributed by atoms with Gasteiger partial charge in [0.1, 0.15) is 0 Å². The Bertz CT molecular complexity index is 400. The number of thiazole rings is 1. The minimum absolute atomic E-state index is 0.0540. The largest absolute Gasteiger partial charge is 0.305 e. The van der Waals surface area contributed by atoms with Crippen molar-refractivity contribution in [1.29, 1.82) is 0 Å². The summed E-state index contributed by atoms with van der Waals surface area (Å²) in [6, 6.07) is 0.0370. The molecule has 4 nitrogen and oxygen atoms in total. The fourth-order valence-corrected chi connectivity index (χ4v) is 3.24. The zero-order valence-corrected chi connectivity index (χ0v) is 11.4. The van der Waals surface area contributed by atoms with Crippen LogP contribution in [-0.2, 0) is 9.84 Å². The van der Waals surface area contributed by atoms with Gasteiger partial charge in [0, 0.05) is 23.2 Å². The molecule has 1 heterocycles. The van der Waals surface area contributed by atoms with Gasteiger partial charge in [-0.15, -0.1) is 11.3 Å². The van der Waals surface area contributed by atoms with E-state index in [9.17, 15) is 8.42 Å². The maximum Gasteiger partial charge on any atom is 0.151 e. The van der Waals surface area contributed by atoms with Gasteiger partial charge in [-0.05, 0) is 13.8 Å². The van der Waals surface area contributed by atoms with Crippen LogP contribution < -0.4 is 5.32 Å². The van der Waals surface area contributed by atoms with Gasteiger partial charge in [-0.25, -0.2) is 13.4 Å². The van der Waals surface area contributed by atoms with E-state index in [1.807, 2.05) is 19.2 Å². The molecule has 0 spiro atoms. The van der Waals surface area contributed by atoms with Gasteiger partial charge in [0.2, 0.25) is 0 Å². The Morgan fingerprint density at radius 3 is 2.69 bits per heavy atom. The molecule has 16 heavy (non-hydrogen) atoms. The predicted octanol–water partition coefficient (Wildman–Crippen LogP) is 1.62. The minimum Gasteiger partial charge on any atom is -0.305 e. The molecule has 1 aromatic rings. The number of nitrogens with zero attached hydrogens (tertiary/aromatic N) is 1. The fourth-order valence-electron chi connectivity index (χ4n) is 1.49. The first kappa shape index (κ1) is 13.6. The molecule has 6 heteroatoms. The summed E-state index contributed by atoms with van der Waals surface area (Å²) in [4.78, 5) is 4.19. The number of sulfone groups is 1. The molecule has 92 valence electrons. The molecule has 0 bridgehead atoms. The number of rotatable bonds is 6. The first-order valence-electron chi connectivity index (χ1n) is 5.29. The zero-order chi connectivity index (χ0) is 12.2. The highest BCUT2D eigenvalue weighted by molar-refractivity contribution is 7.91. The topological polar surface area (TPSA) is 59.1 Å². The normalized spacial score (nSPS) is 15.9. The molecule has 0 saturated heterocycles. The zero-order valence-electron chi connectivity index (χ0n) is 9.80. The molecular formula is C10H18N2O2S2. The van der Waals surface area contributed by atoms with Crippen molar-refractivity contribution < 1.29 is 8.42 Å². The van der Waals surface area contributed by atoms with Gasteiger partial charge in [0.05, 0.1) is 17.0 Å². The van der Waals surface area contributed by atoms with Crippen molar-refractivity contribution in [3.8, 4) is 0 Å². The quantitative estimate of drug-likeness (QED) is 0.846. The van der Waals surface area contributed by atoms with Crippen LogP contribution in [0.4, 0.5) is 0 Å². The third kappa shape index (κ3) is 4.19. The Hall–Kier alpha value is -0.460. The molecule has 0 saturated carbocycles.